The van der Waals surface area contributed by atoms with Crippen molar-refractivity contribution in [1.82, 2.24) is 9.88 Å². The molecular formula is C15H17FN2O2. The van der Waals surface area contributed by atoms with Crippen LogP contribution in [0.2, 0.25) is 0 Å². The fourth-order valence-electron chi connectivity index (χ4n) is 2.21. The van der Waals surface area contributed by atoms with Gasteiger partial charge in [-0.3, -0.25) is 4.79 Å². The van der Waals surface area contributed by atoms with Gasteiger partial charge in [0, 0.05) is 24.0 Å². The van der Waals surface area contributed by atoms with E-state index in [2.05, 4.69) is 11.6 Å². The Bertz CT molecular complexity index is 649. The molecule has 1 amide bonds. The number of aryl methyl sites for hydroxylation is 1. The molecule has 2 N–H and O–H groups in total. The van der Waals surface area contributed by atoms with Crippen LogP contribution in [0.1, 0.15) is 16.1 Å². The number of halogens is 1. The van der Waals surface area contributed by atoms with Crippen LogP contribution >= 0.6 is 0 Å². The standard InChI is InChI=1S/C15H17FN2O2/c1-3-4-18(5-6-19)15(20)14-9-12-10(2)7-11(16)8-13(12)17-14/h3,7-9,17,19H,1,4-6H2,2H3. The van der Waals surface area contributed by atoms with Gasteiger partial charge < -0.3 is 15.0 Å². The predicted molar refractivity (Wildman–Crippen MR) is 76.2 cm³/mol. The Balaban J connectivity index is 2.39. The second kappa shape index (κ2) is 5.88. The number of hydrogen-bond donors (Lipinski definition) is 2. The molecule has 2 rings (SSSR count). The number of H-pyrrole nitrogens is 1. The minimum Gasteiger partial charge on any atom is -0.395 e. The summed E-state index contributed by atoms with van der Waals surface area (Å²) in [6, 6.07) is 4.50. The number of aliphatic hydroxyl groups excluding tert-OH is 1. The second-order valence-corrected chi connectivity index (χ2v) is 4.63. The van der Waals surface area contributed by atoms with Crippen LogP contribution < -0.4 is 0 Å². The van der Waals surface area contributed by atoms with Crippen LogP contribution in [0.4, 0.5) is 4.39 Å². The number of carbonyl (C=O) groups excluding carboxylic acids is 1. The molecule has 5 heteroatoms. The number of aliphatic hydroxyl groups is 1. The number of hydrogen-bond acceptors (Lipinski definition) is 2. The van der Waals surface area contributed by atoms with Crippen LogP contribution in [0.25, 0.3) is 10.9 Å². The first-order valence-electron chi connectivity index (χ1n) is 6.36. The van der Waals surface area contributed by atoms with Gasteiger partial charge in [0.25, 0.3) is 5.91 Å². The molecule has 1 heterocycles. The Hall–Kier alpha value is -2.14. The monoisotopic (exact) mass is 276 g/mol. The van der Waals surface area contributed by atoms with E-state index in [1.54, 1.807) is 19.1 Å². The van der Waals surface area contributed by atoms with E-state index in [9.17, 15) is 9.18 Å². The van der Waals surface area contributed by atoms with Gasteiger partial charge in [-0.25, -0.2) is 4.39 Å². The van der Waals surface area contributed by atoms with Crippen molar-refractivity contribution < 1.29 is 14.3 Å². The van der Waals surface area contributed by atoms with Crippen molar-refractivity contribution in [2.24, 2.45) is 0 Å². The van der Waals surface area contributed by atoms with Gasteiger partial charge in [-0.05, 0) is 30.7 Å². The van der Waals surface area contributed by atoms with Gasteiger partial charge in [-0.2, -0.15) is 0 Å². The number of fused-ring (bicyclic) bond motifs is 1. The highest BCUT2D eigenvalue weighted by Crippen LogP contribution is 2.21. The highest BCUT2D eigenvalue weighted by atomic mass is 19.1. The molecule has 4 nitrogen and oxygen atoms in total. The van der Waals surface area contributed by atoms with E-state index < -0.39 is 0 Å². The van der Waals surface area contributed by atoms with Gasteiger partial charge in [0.05, 0.1) is 6.61 Å². The highest BCUT2D eigenvalue weighted by Gasteiger charge is 2.17. The van der Waals surface area contributed by atoms with E-state index in [4.69, 9.17) is 5.11 Å². The molecule has 0 fully saturated rings. The predicted octanol–water partition coefficient (Wildman–Crippen LogP) is 2.24. The average molecular weight is 276 g/mol. The third-order valence-electron chi connectivity index (χ3n) is 3.15. The average Bonchev–Trinajstić information content (AvgIpc) is 2.81. The van der Waals surface area contributed by atoms with Crippen molar-refractivity contribution in [3.8, 4) is 0 Å². The largest absolute Gasteiger partial charge is 0.395 e. The molecule has 0 spiro atoms. The fourth-order valence-corrected chi connectivity index (χ4v) is 2.21. The molecule has 0 saturated heterocycles. The Morgan fingerprint density at radius 3 is 2.90 bits per heavy atom. The molecule has 20 heavy (non-hydrogen) atoms. The van der Waals surface area contributed by atoms with Crippen LogP contribution in [-0.4, -0.2) is 40.6 Å². The van der Waals surface area contributed by atoms with Gasteiger partial charge in [-0.15, -0.1) is 6.58 Å². The first-order valence-corrected chi connectivity index (χ1v) is 6.36. The number of nitrogens with one attached hydrogen (secondary N) is 1. The summed E-state index contributed by atoms with van der Waals surface area (Å²) in [6.07, 6.45) is 1.60. The summed E-state index contributed by atoms with van der Waals surface area (Å²) in [6.45, 7) is 5.85. The minimum atomic E-state index is -0.339. The molecule has 0 bridgehead atoms. The number of aromatic nitrogens is 1. The number of rotatable bonds is 5. The molecule has 0 radical (unpaired) electrons. The minimum absolute atomic E-state index is 0.118. The van der Waals surface area contributed by atoms with Gasteiger partial charge >= 0.3 is 0 Å². The molecule has 1 aromatic carbocycles. The smallest absolute Gasteiger partial charge is 0.270 e. The maximum atomic E-state index is 13.3. The molecule has 2 aromatic rings. The van der Waals surface area contributed by atoms with Gasteiger partial charge in [0.15, 0.2) is 0 Å². The van der Waals surface area contributed by atoms with E-state index in [1.807, 2.05) is 0 Å². The lowest BCUT2D eigenvalue weighted by molar-refractivity contribution is 0.0738. The number of aromatic amines is 1. The first kappa shape index (κ1) is 14.3. The molecule has 0 aliphatic carbocycles. The zero-order valence-electron chi connectivity index (χ0n) is 11.3. The van der Waals surface area contributed by atoms with Crippen molar-refractivity contribution in [2.45, 2.75) is 6.92 Å². The van der Waals surface area contributed by atoms with Crippen molar-refractivity contribution in [2.75, 3.05) is 19.7 Å². The number of carbonyl (C=O) groups is 1. The fraction of sp³-hybridized carbons (Fsp3) is 0.267. The summed E-state index contributed by atoms with van der Waals surface area (Å²) in [5.41, 5.74) is 1.74. The highest BCUT2D eigenvalue weighted by molar-refractivity contribution is 5.98. The second-order valence-electron chi connectivity index (χ2n) is 4.63. The molecule has 0 aliphatic rings. The van der Waals surface area contributed by atoms with E-state index >= 15 is 0 Å². The summed E-state index contributed by atoms with van der Waals surface area (Å²) in [7, 11) is 0. The third kappa shape index (κ3) is 2.72. The molecule has 106 valence electrons. The van der Waals surface area contributed by atoms with Gasteiger partial charge in [-0.1, -0.05) is 6.08 Å². The lowest BCUT2D eigenvalue weighted by Gasteiger charge is -2.18. The lowest BCUT2D eigenvalue weighted by atomic mass is 10.1. The van der Waals surface area contributed by atoms with Crippen molar-refractivity contribution in [3.63, 3.8) is 0 Å². The maximum Gasteiger partial charge on any atom is 0.270 e. The number of nitrogens with zero attached hydrogens (tertiary/aromatic N) is 1. The van der Waals surface area contributed by atoms with Crippen LogP contribution in [-0.2, 0) is 0 Å². The zero-order chi connectivity index (χ0) is 14.7. The van der Waals surface area contributed by atoms with E-state index in [1.165, 1.54) is 17.0 Å². The van der Waals surface area contributed by atoms with Gasteiger partial charge in [0.1, 0.15) is 11.5 Å². The Kier molecular flexibility index (Phi) is 4.20. The summed E-state index contributed by atoms with van der Waals surface area (Å²) >= 11 is 0. The zero-order valence-corrected chi connectivity index (χ0v) is 11.3. The Labute approximate surface area is 116 Å². The third-order valence-corrected chi connectivity index (χ3v) is 3.15. The lowest BCUT2D eigenvalue weighted by Crippen LogP contribution is -2.33. The van der Waals surface area contributed by atoms with Crippen LogP contribution in [0.3, 0.4) is 0 Å². The summed E-state index contributed by atoms with van der Waals surface area (Å²) < 4.78 is 13.3. The van der Waals surface area contributed by atoms with Crippen LogP contribution in [0, 0.1) is 12.7 Å². The molecule has 0 unspecified atom stereocenters. The quantitative estimate of drug-likeness (QED) is 0.823. The molecule has 1 aromatic heterocycles. The number of benzene rings is 1. The number of amides is 1. The van der Waals surface area contributed by atoms with Crippen molar-refractivity contribution >= 4 is 16.8 Å². The van der Waals surface area contributed by atoms with Crippen molar-refractivity contribution in [3.05, 3.63) is 47.9 Å². The van der Waals surface area contributed by atoms with Gasteiger partial charge in [0.2, 0.25) is 0 Å². The van der Waals surface area contributed by atoms with E-state index in [-0.39, 0.29) is 24.9 Å². The van der Waals surface area contributed by atoms with Crippen LogP contribution in [0.15, 0.2) is 30.9 Å². The summed E-state index contributed by atoms with van der Waals surface area (Å²) in [5.74, 6) is -0.580. The van der Waals surface area contributed by atoms with E-state index in [0.29, 0.717) is 17.8 Å². The molecular weight excluding hydrogens is 259 g/mol. The van der Waals surface area contributed by atoms with E-state index in [0.717, 1.165) is 10.9 Å². The summed E-state index contributed by atoms with van der Waals surface area (Å²) in [4.78, 5) is 16.7. The normalized spacial score (nSPS) is 10.8. The summed E-state index contributed by atoms with van der Waals surface area (Å²) in [5, 5.41) is 9.81. The molecule has 0 atom stereocenters. The maximum absolute atomic E-state index is 13.3. The SMILES string of the molecule is C=CCN(CCO)C(=O)c1cc2c(C)cc(F)cc2[nH]1. The first-order chi connectivity index (χ1) is 9.56. The molecule has 0 saturated carbocycles. The topological polar surface area (TPSA) is 56.3 Å². The Morgan fingerprint density at radius 1 is 1.50 bits per heavy atom. The molecule has 0 aliphatic heterocycles. The Morgan fingerprint density at radius 2 is 2.25 bits per heavy atom. The van der Waals surface area contributed by atoms with Crippen LogP contribution in [0.5, 0.6) is 0 Å². The van der Waals surface area contributed by atoms with Crippen molar-refractivity contribution in [1.29, 1.82) is 0 Å².